The molecule has 130 valence electrons. The number of aromatic nitrogens is 2. The number of anilines is 1. The van der Waals surface area contributed by atoms with E-state index in [0.717, 1.165) is 19.6 Å². The molecule has 1 aliphatic heterocycles. The van der Waals surface area contributed by atoms with E-state index in [9.17, 15) is 9.59 Å². The van der Waals surface area contributed by atoms with Gasteiger partial charge in [-0.3, -0.25) is 19.5 Å². The number of rotatable bonds is 5. The fraction of sp³-hybridized carbons (Fsp3) is 0.294. The zero-order valence-corrected chi connectivity index (χ0v) is 14.5. The van der Waals surface area contributed by atoms with Gasteiger partial charge in [-0.1, -0.05) is 6.08 Å². The van der Waals surface area contributed by atoms with Crippen molar-refractivity contribution in [1.29, 1.82) is 0 Å². The summed E-state index contributed by atoms with van der Waals surface area (Å²) in [7, 11) is 0. The number of nitrogens with one attached hydrogen (secondary N) is 1. The monoisotopic (exact) mass is 357 g/mol. The molecule has 0 saturated carbocycles. The van der Waals surface area contributed by atoms with E-state index in [4.69, 9.17) is 0 Å². The first-order valence-electron chi connectivity index (χ1n) is 7.96. The largest absolute Gasteiger partial charge is 0.335 e. The highest BCUT2D eigenvalue weighted by molar-refractivity contribution is 7.12. The minimum absolute atomic E-state index is 0.0531. The Kier molecular flexibility index (Phi) is 5.52. The first-order chi connectivity index (χ1) is 12.2. The Balaban J connectivity index is 1.66. The second-order valence-electron chi connectivity index (χ2n) is 5.59. The number of hydrogen-bond acceptors (Lipinski definition) is 6. The highest BCUT2D eigenvalue weighted by Crippen LogP contribution is 2.25. The molecule has 2 amide bonds. The summed E-state index contributed by atoms with van der Waals surface area (Å²) >= 11 is 1.33. The molecule has 7 nitrogen and oxygen atoms in total. The van der Waals surface area contributed by atoms with Gasteiger partial charge < -0.3 is 10.2 Å². The van der Waals surface area contributed by atoms with Gasteiger partial charge in [-0.2, -0.15) is 0 Å². The molecule has 1 saturated heterocycles. The summed E-state index contributed by atoms with van der Waals surface area (Å²) in [6, 6.07) is 1.74. The highest BCUT2D eigenvalue weighted by atomic mass is 32.1. The van der Waals surface area contributed by atoms with Crippen LogP contribution in [0, 0.1) is 0 Å². The first-order valence-corrected chi connectivity index (χ1v) is 8.84. The molecule has 0 atom stereocenters. The number of thiophene rings is 1. The zero-order valence-electron chi connectivity index (χ0n) is 13.7. The van der Waals surface area contributed by atoms with Crippen LogP contribution in [-0.4, -0.2) is 64.3 Å². The van der Waals surface area contributed by atoms with Crippen LogP contribution in [0.2, 0.25) is 0 Å². The van der Waals surface area contributed by atoms with Crippen LogP contribution in [-0.2, 0) is 0 Å². The Hall–Kier alpha value is -2.58. The van der Waals surface area contributed by atoms with E-state index in [1.54, 1.807) is 11.4 Å². The molecular formula is C17H19N5O2S. The molecule has 0 aromatic carbocycles. The second kappa shape index (κ2) is 8.00. The molecule has 0 spiro atoms. The highest BCUT2D eigenvalue weighted by Gasteiger charge is 2.25. The Morgan fingerprint density at radius 2 is 2.08 bits per heavy atom. The van der Waals surface area contributed by atoms with Crippen LogP contribution < -0.4 is 5.32 Å². The van der Waals surface area contributed by atoms with Gasteiger partial charge in [0, 0.05) is 45.1 Å². The van der Waals surface area contributed by atoms with Crippen molar-refractivity contribution in [3.05, 3.63) is 53.3 Å². The number of hydrogen-bond donors (Lipinski definition) is 1. The van der Waals surface area contributed by atoms with E-state index in [2.05, 4.69) is 26.8 Å². The van der Waals surface area contributed by atoms with Gasteiger partial charge in [-0.05, 0) is 11.4 Å². The van der Waals surface area contributed by atoms with Crippen molar-refractivity contribution < 1.29 is 9.59 Å². The minimum Gasteiger partial charge on any atom is -0.335 e. The van der Waals surface area contributed by atoms with Crippen molar-refractivity contribution in [3.63, 3.8) is 0 Å². The smallest absolute Gasteiger partial charge is 0.275 e. The fourth-order valence-electron chi connectivity index (χ4n) is 2.64. The topological polar surface area (TPSA) is 78.4 Å². The van der Waals surface area contributed by atoms with Crippen LogP contribution in [0.3, 0.4) is 0 Å². The van der Waals surface area contributed by atoms with Crippen molar-refractivity contribution >= 4 is 28.8 Å². The molecule has 8 heteroatoms. The third-order valence-corrected chi connectivity index (χ3v) is 4.85. The number of piperazine rings is 1. The van der Waals surface area contributed by atoms with Gasteiger partial charge >= 0.3 is 0 Å². The molecule has 0 unspecified atom stereocenters. The van der Waals surface area contributed by atoms with Crippen molar-refractivity contribution in [2.75, 3.05) is 38.0 Å². The summed E-state index contributed by atoms with van der Waals surface area (Å²) in [5.41, 5.74) is 0.726. The van der Waals surface area contributed by atoms with E-state index in [0.29, 0.717) is 23.7 Å². The second-order valence-corrected chi connectivity index (χ2v) is 6.51. The zero-order chi connectivity index (χ0) is 17.6. The summed E-state index contributed by atoms with van der Waals surface area (Å²) in [6.07, 6.45) is 6.22. The van der Waals surface area contributed by atoms with Crippen LogP contribution in [0.15, 0.2) is 42.7 Å². The summed E-state index contributed by atoms with van der Waals surface area (Å²) in [5, 5.41) is 4.55. The van der Waals surface area contributed by atoms with E-state index in [-0.39, 0.29) is 17.5 Å². The Morgan fingerprint density at radius 1 is 1.28 bits per heavy atom. The van der Waals surface area contributed by atoms with Gasteiger partial charge in [0.1, 0.15) is 10.6 Å². The molecule has 3 heterocycles. The predicted molar refractivity (Wildman–Crippen MR) is 96.8 cm³/mol. The average molecular weight is 357 g/mol. The number of amides is 2. The Morgan fingerprint density at radius 3 is 2.76 bits per heavy atom. The van der Waals surface area contributed by atoms with Crippen molar-refractivity contribution in [1.82, 2.24) is 19.8 Å². The fourth-order valence-corrected chi connectivity index (χ4v) is 3.45. The molecule has 2 aromatic heterocycles. The molecule has 1 fully saturated rings. The summed E-state index contributed by atoms with van der Waals surface area (Å²) in [5.74, 6) is -0.431. The van der Waals surface area contributed by atoms with Crippen LogP contribution in [0.25, 0.3) is 0 Å². The minimum atomic E-state index is -0.378. The number of carbonyl (C=O) groups excluding carboxylic acids is 2. The maximum atomic E-state index is 12.8. The Bertz CT molecular complexity index is 753. The average Bonchev–Trinajstić information content (AvgIpc) is 3.11. The summed E-state index contributed by atoms with van der Waals surface area (Å²) in [4.78, 5) is 37.5. The van der Waals surface area contributed by atoms with Gasteiger partial charge in [0.25, 0.3) is 11.8 Å². The van der Waals surface area contributed by atoms with Crippen LogP contribution in [0.5, 0.6) is 0 Å². The van der Waals surface area contributed by atoms with E-state index >= 15 is 0 Å². The molecule has 0 bridgehead atoms. The maximum Gasteiger partial charge on any atom is 0.275 e. The van der Waals surface area contributed by atoms with E-state index in [1.807, 2.05) is 11.0 Å². The summed E-state index contributed by atoms with van der Waals surface area (Å²) in [6.45, 7) is 7.56. The lowest BCUT2D eigenvalue weighted by atomic mass is 10.2. The van der Waals surface area contributed by atoms with Crippen LogP contribution >= 0.6 is 11.3 Å². The number of nitrogens with zero attached hydrogens (tertiary/aromatic N) is 4. The molecule has 1 aliphatic rings. The van der Waals surface area contributed by atoms with E-state index < -0.39 is 0 Å². The molecule has 25 heavy (non-hydrogen) atoms. The molecule has 0 radical (unpaired) electrons. The SMILES string of the molecule is C=CCN1CCN(C(=O)c2sccc2NC(=O)c2cnccn2)CC1. The third-order valence-electron chi connectivity index (χ3n) is 3.95. The quantitative estimate of drug-likeness (QED) is 0.825. The third kappa shape index (κ3) is 4.09. The first kappa shape index (κ1) is 17.2. The normalized spacial score (nSPS) is 15.0. The van der Waals surface area contributed by atoms with Crippen LogP contribution in [0.4, 0.5) is 5.69 Å². The van der Waals surface area contributed by atoms with Gasteiger partial charge in [-0.15, -0.1) is 17.9 Å². The van der Waals surface area contributed by atoms with Crippen molar-refractivity contribution in [3.8, 4) is 0 Å². The number of carbonyl (C=O) groups is 2. The lowest BCUT2D eigenvalue weighted by molar-refractivity contribution is 0.0656. The molecular weight excluding hydrogens is 338 g/mol. The molecule has 2 aromatic rings. The van der Waals surface area contributed by atoms with Crippen molar-refractivity contribution in [2.45, 2.75) is 0 Å². The lowest BCUT2D eigenvalue weighted by Gasteiger charge is -2.34. The Labute approximate surface area is 150 Å². The molecule has 1 N–H and O–H groups in total. The van der Waals surface area contributed by atoms with Gasteiger partial charge in [0.05, 0.1) is 11.9 Å². The predicted octanol–water partition coefficient (Wildman–Crippen LogP) is 1.73. The van der Waals surface area contributed by atoms with Gasteiger partial charge in [-0.25, -0.2) is 4.98 Å². The van der Waals surface area contributed by atoms with Gasteiger partial charge in [0.2, 0.25) is 0 Å². The molecule has 0 aliphatic carbocycles. The summed E-state index contributed by atoms with van der Waals surface area (Å²) < 4.78 is 0. The van der Waals surface area contributed by atoms with Crippen molar-refractivity contribution in [2.24, 2.45) is 0 Å². The van der Waals surface area contributed by atoms with Crippen LogP contribution in [0.1, 0.15) is 20.2 Å². The standard InChI is InChI=1S/C17H19N5O2S/c1-2-6-21-7-9-22(10-8-21)17(24)15-13(3-11-25-15)20-16(23)14-12-18-4-5-19-14/h2-5,11-12H,1,6-10H2,(H,20,23). The lowest BCUT2D eigenvalue weighted by Crippen LogP contribution is -2.48. The maximum absolute atomic E-state index is 12.8. The molecule has 3 rings (SSSR count). The van der Waals surface area contributed by atoms with Gasteiger partial charge in [0.15, 0.2) is 0 Å². The van der Waals surface area contributed by atoms with E-state index in [1.165, 1.54) is 29.9 Å².